The molecule has 4 heteroatoms. The predicted molar refractivity (Wildman–Crippen MR) is 88.5 cm³/mol. The van der Waals surface area contributed by atoms with E-state index in [1.54, 1.807) is 19.2 Å². The third-order valence-electron chi connectivity index (χ3n) is 3.55. The molecule has 0 heterocycles. The van der Waals surface area contributed by atoms with Gasteiger partial charge < -0.3 is 10.1 Å². The molecule has 23 heavy (non-hydrogen) atoms. The fourth-order valence-electron chi connectivity index (χ4n) is 2.21. The van der Waals surface area contributed by atoms with Crippen molar-refractivity contribution in [1.82, 2.24) is 5.32 Å². The Labute approximate surface area is 136 Å². The molecule has 0 saturated heterocycles. The molecule has 118 valence electrons. The van der Waals surface area contributed by atoms with Crippen LogP contribution in [0.2, 0.25) is 0 Å². The number of rotatable bonds is 7. The Kier molecular flexibility index (Phi) is 6.34. The van der Waals surface area contributed by atoms with Gasteiger partial charge in [0.05, 0.1) is 18.2 Å². The molecule has 2 rings (SSSR count). The molecular weight excluding hydrogens is 288 g/mol. The molecule has 4 nitrogen and oxygen atoms in total. The van der Waals surface area contributed by atoms with E-state index >= 15 is 0 Å². The number of aryl methyl sites for hydroxylation is 1. The highest BCUT2D eigenvalue weighted by atomic mass is 16.5. The molecule has 0 aliphatic carbocycles. The summed E-state index contributed by atoms with van der Waals surface area (Å²) in [5.74, 6) is 0.0235. The lowest BCUT2D eigenvalue weighted by atomic mass is 10.1. The number of nitriles is 1. The lowest BCUT2D eigenvalue weighted by molar-refractivity contribution is -0.121. The monoisotopic (exact) mass is 308 g/mol. The Hall–Kier alpha value is -2.64. The molecule has 0 radical (unpaired) electrons. The molecule has 1 N–H and O–H groups in total. The molecule has 2 aromatic carbocycles. The largest absolute Gasteiger partial charge is 0.380 e. The van der Waals surface area contributed by atoms with Crippen molar-refractivity contribution in [3.05, 3.63) is 70.8 Å². The molecule has 0 aliphatic rings. The van der Waals surface area contributed by atoms with Crippen molar-refractivity contribution >= 4 is 5.91 Å². The highest BCUT2D eigenvalue weighted by Gasteiger charge is 2.03. The second kappa shape index (κ2) is 8.72. The Balaban J connectivity index is 1.75. The van der Waals surface area contributed by atoms with Gasteiger partial charge in [-0.1, -0.05) is 36.4 Å². The van der Waals surface area contributed by atoms with Crippen LogP contribution in [0.15, 0.2) is 48.5 Å². The number of nitrogens with zero attached hydrogens (tertiary/aromatic N) is 1. The van der Waals surface area contributed by atoms with Gasteiger partial charge in [0.1, 0.15) is 0 Å². The maximum atomic E-state index is 11.9. The predicted octanol–water partition coefficient (Wildman–Crippen LogP) is 2.95. The lowest BCUT2D eigenvalue weighted by Gasteiger charge is -2.07. The zero-order chi connectivity index (χ0) is 16.5. The maximum Gasteiger partial charge on any atom is 0.220 e. The SMILES string of the molecule is COCc1ccc(CNC(=O)CCc2ccc(C#N)cc2)cc1. The van der Waals surface area contributed by atoms with Crippen molar-refractivity contribution in [3.63, 3.8) is 0 Å². The minimum Gasteiger partial charge on any atom is -0.380 e. The Morgan fingerprint density at radius 3 is 2.26 bits per heavy atom. The Morgan fingerprint density at radius 2 is 1.65 bits per heavy atom. The molecule has 0 aliphatic heterocycles. The molecule has 0 bridgehead atoms. The van der Waals surface area contributed by atoms with E-state index in [0.717, 1.165) is 16.7 Å². The molecule has 2 aromatic rings. The molecule has 0 aromatic heterocycles. The van der Waals surface area contributed by atoms with Gasteiger partial charge in [0.15, 0.2) is 0 Å². The minimum atomic E-state index is 0.0235. The van der Waals surface area contributed by atoms with E-state index in [1.165, 1.54) is 0 Å². The first-order chi connectivity index (χ1) is 11.2. The number of amides is 1. The summed E-state index contributed by atoms with van der Waals surface area (Å²) in [6.07, 6.45) is 1.11. The topological polar surface area (TPSA) is 62.1 Å². The smallest absolute Gasteiger partial charge is 0.220 e. The highest BCUT2D eigenvalue weighted by Crippen LogP contribution is 2.07. The molecular formula is C19H20N2O2. The number of carbonyl (C=O) groups excluding carboxylic acids is 1. The molecule has 0 atom stereocenters. The number of hydrogen-bond acceptors (Lipinski definition) is 3. The Bertz CT molecular complexity index is 670. The number of methoxy groups -OCH3 is 1. The van der Waals surface area contributed by atoms with Crippen LogP contribution in [0, 0.1) is 11.3 Å². The first-order valence-electron chi connectivity index (χ1n) is 7.54. The fourth-order valence-corrected chi connectivity index (χ4v) is 2.21. The summed E-state index contributed by atoms with van der Waals surface area (Å²) in [6.45, 7) is 1.12. The summed E-state index contributed by atoms with van der Waals surface area (Å²) in [4.78, 5) is 11.9. The second-order valence-corrected chi connectivity index (χ2v) is 5.33. The van der Waals surface area contributed by atoms with E-state index in [2.05, 4.69) is 11.4 Å². The number of nitrogens with one attached hydrogen (secondary N) is 1. The summed E-state index contributed by atoms with van der Waals surface area (Å²) >= 11 is 0. The van der Waals surface area contributed by atoms with Crippen molar-refractivity contribution in [2.24, 2.45) is 0 Å². The van der Waals surface area contributed by atoms with Crippen molar-refractivity contribution in [3.8, 4) is 6.07 Å². The van der Waals surface area contributed by atoms with Crippen LogP contribution in [0.4, 0.5) is 0 Å². The molecule has 1 amide bonds. The standard InChI is InChI=1S/C19H20N2O2/c1-23-14-18-8-6-17(7-9-18)13-21-19(22)11-10-15-2-4-16(12-20)5-3-15/h2-9H,10-11,13-14H2,1H3,(H,21,22). The normalized spacial score (nSPS) is 10.1. The van der Waals surface area contributed by atoms with E-state index in [1.807, 2.05) is 36.4 Å². The average Bonchev–Trinajstić information content (AvgIpc) is 2.60. The summed E-state index contributed by atoms with van der Waals surface area (Å²) in [6, 6.07) is 17.4. The minimum absolute atomic E-state index is 0.0235. The van der Waals surface area contributed by atoms with Crippen LogP contribution >= 0.6 is 0 Å². The van der Waals surface area contributed by atoms with E-state index in [4.69, 9.17) is 10.00 Å². The summed E-state index contributed by atoms with van der Waals surface area (Å²) < 4.78 is 5.07. The first-order valence-corrected chi connectivity index (χ1v) is 7.54. The zero-order valence-corrected chi connectivity index (χ0v) is 13.2. The van der Waals surface area contributed by atoms with E-state index < -0.39 is 0 Å². The van der Waals surface area contributed by atoms with Gasteiger partial charge in [-0.2, -0.15) is 5.26 Å². The number of hydrogen-bond donors (Lipinski definition) is 1. The van der Waals surface area contributed by atoms with Gasteiger partial charge >= 0.3 is 0 Å². The number of benzene rings is 2. The average molecular weight is 308 g/mol. The van der Waals surface area contributed by atoms with Crippen molar-refractivity contribution in [1.29, 1.82) is 5.26 Å². The van der Waals surface area contributed by atoms with Crippen LogP contribution in [0.3, 0.4) is 0 Å². The van der Waals surface area contributed by atoms with Gasteiger partial charge in [-0.3, -0.25) is 4.79 Å². The third kappa shape index (κ3) is 5.57. The van der Waals surface area contributed by atoms with E-state index in [9.17, 15) is 4.79 Å². The summed E-state index contributed by atoms with van der Waals surface area (Å²) in [5.41, 5.74) is 3.87. The lowest BCUT2D eigenvalue weighted by Crippen LogP contribution is -2.22. The fraction of sp³-hybridized carbons (Fsp3) is 0.263. The van der Waals surface area contributed by atoms with Gasteiger partial charge in [0.2, 0.25) is 5.91 Å². The quantitative estimate of drug-likeness (QED) is 0.855. The van der Waals surface area contributed by atoms with Gasteiger partial charge in [-0.05, 0) is 35.2 Å². The van der Waals surface area contributed by atoms with Crippen molar-refractivity contribution in [2.45, 2.75) is 26.0 Å². The number of carbonyl (C=O) groups is 1. The molecule has 0 fully saturated rings. The Morgan fingerprint density at radius 1 is 1.04 bits per heavy atom. The van der Waals surface area contributed by atoms with Crippen molar-refractivity contribution < 1.29 is 9.53 Å². The molecule has 0 unspecified atom stereocenters. The van der Waals surface area contributed by atoms with Crippen LogP contribution in [0.25, 0.3) is 0 Å². The maximum absolute atomic E-state index is 11.9. The summed E-state index contributed by atoms with van der Waals surface area (Å²) in [7, 11) is 1.67. The third-order valence-corrected chi connectivity index (χ3v) is 3.55. The number of ether oxygens (including phenoxy) is 1. The molecule has 0 saturated carbocycles. The van der Waals surface area contributed by atoms with Crippen LogP contribution < -0.4 is 5.32 Å². The van der Waals surface area contributed by atoms with E-state index in [0.29, 0.717) is 31.6 Å². The molecule has 0 spiro atoms. The first kappa shape index (κ1) is 16.7. The van der Waals surface area contributed by atoms with Gasteiger partial charge in [0, 0.05) is 20.1 Å². The van der Waals surface area contributed by atoms with Crippen LogP contribution in [0.1, 0.15) is 28.7 Å². The van der Waals surface area contributed by atoms with Gasteiger partial charge in [-0.25, -0.2) is 0 Å². The summed E-state index contributed by atoms with van der Waals surface area (Å²) in [5, 5.41) is 11.7. The van der Waals surface area contributed by atoms with Gasteiger partial charge in [0.25, 0.3) is 0 Å². The van der Waals surface area contributed by atoms with E-state index in [-0.39, 0.29) is 5.91 Å². The van der Waals surface area contributed by atoms with Crippen LogP contribution in [0.5, 0.6) is 0 Å². The van der Waals surface area contributed by atoms with Crippen LogP contribution in [-0.2, 0) is 29.1 Å². The van der Waals surface area contributed by atoms with Gasteiger partial charge in [-0.15, -0.1) is 0 Å². The highest BCUT2D eigenvalue weighted by molar-refractivity contribution is 5.76. The zero-order valence-electron chi connectivity index (χ0n) is 13.2. The second-order valence-electron chi connectivity index (χ2n) is 5.33. The van der Waals surface area contributed by atoms with Crippen molar-refractivity contribution in [2.75, 3.05) is 7.11 Å². The van der Waals surface area contributed by atoms with Crippen LogP contribution in [-0.4, -0.2) is 13.0 Å².